The summed E-state index contributed by atoms with van der Waals surface area (Å²) in [6.07, 6.45) is 3.95. The monoisotopic (exact) mass is 351 g/mol. The molecule has 0 saturated heterocycles. The molecule has 0 atom stereocenters. The summed E-state index contributed by atoms with van der Waals surface area (Å²) in [5.41, 5.74) is 1.64. The molecule has 0 bridgehead atoms. The molecule has 0 unspecified atom stereocenters. The zero-order valence-electron chi connectivity index (χ0n) is 14.6. The fourth-order valence-electron chi connectivity index (χ4n) is 2.55. The van der Waals surface area contributed by atoms with E-state index in [4.69, 9.17) is 9.15 Å². The molecule has 0 aliphatic rings. The van der Waals surface area contributed by atoms with Crippen LogP contribution in [0.2, 0.25) is 0 Å². The number of anilines is 1. The molecule has 6 heteroatoms. The number of para-hydroxylation sites is 1. The Hall–Kier alpha value is -3.28. The molecule has 0 radical (unpaired) electrons. The van der Waals surface area contributed by atoms with Crippen LogP contribution in [0.5, 0.6) is 5.75 Å². The van der Waals surface area contributed by atoms with Crippen LogP contribution < -0.4 is 15.4 Å². The van der Waals surface area contributed by atoms with Gasteiger partial charge in [0, 0.05) is 12.7 Å². The summed E-state index contributed by atoms with van der Waals surface area (Å²) >= 11 is 0. The molecule has 3 aromatic rings. The van der Waals surface area contributed by atoms with Gasteiger partial charge in [-0.2, -0.15) is 0 Å². The number of pyridine rings is 1. The van der Waals surface area contributed by atoms with E-state index in [2.05, 4.69) is 15.6 Å². The Kier molecular flexibility index (Phi) is 5.88. The van der Waals surface area contributed by atoms with Gasteiger partial charge in [0.25, 0.3) is 5.91 Å². The second kappa shape index (κ2) is 8.71. The van der Waals surface area contributed by atoms with Gasteiger partial charge in [-0.15, -0.1) is 0 Å². The number of benzene rings is 1. The lowest BCUT2D eigenvalue weighted by atomic mass is 10.1. The minimum absolute atomic E-state index is 0.186. The van der Waals surface area contributed by atoms with Gasteiger partial charge in [0.15, 0.2) is 0 Å². The lowest BCUT2D eigenvalue weighted by Gasteiger charge is -2.10. The quantitative estimate of drug-likeness (QED) is 0.651. The Balaban J connectivity index is 1.48. The number of aromatic nitrogens is 1. The predicted octanol–water partition coefficient (Wildman–Crippen LogP) is 3.27. The topological polar surface area (TPSA) is 76.4 Å². The maximum absolute atomic E-state index is 12.1. The van der Waals surface area contributed by atoms with Gasteiger partial charge in [-0.3, -0.25) is 4.79 Å². The van der Waals surface area contributed by atoms with Crippen LogP contribution in [0.15, 0.2) is 65.4 Å². The van der Waals surface area contributed by atoms with Crippen molar-refractivity contribution in [3.63, 3.8) is 0 Å². The fourth-order valence-corrected chi connectivity index (χ4v) is 2.55. The van der Waals surface area contributed by atoms with E-state index in [0.717, 1.165) is 30.1 Å². The summed E-state index contributed by atoms with van der Waals surface area (Å²) < 4.78 is 10.5. The first-order chi connectivity index (χ1) is 12.8. The van der Waals surface area contributed by atoms with Crippen molar-refractivity contribution in [1.82, 2.24) is 10.3 Å². The number of hydrogen-bond donors (Lipinski definition) is 2. The lowest BCUT2D eigenvalue weighted by molar-refractivity contribution is 0.0947. The van der Waals surface area contributed by atoms with Crippen molar-refractivity contribution in [2.75, 3.05) is 19.0 Å². The van der Waals surface area contributed by atoms with E-state index >= 15 is 0 Å². The lowest BCUT2D eigenvalue weighted by Crippen LogP contribution is -2.22. The number of ether oxygens (including phenoxy) is 1. The Labute approximate surface area is 152 Å². The minimum Gasteiger partial charge on any atom is -0.496 e. The summed E-state index contributed by atoms with van der Waals surface area (Å²) in [7, 11) is 1.67. The number of carbonyl (C=O) groups excluding carboxylic acids is 1. The highest BCUT2D eigenvalue weighted by atomic mass is 16.5. The van der Waals surface area contributed by atoms with Gasteiger partial charge in [-0.1, -0.05) is 18.2 Å². The van der Waals surface area contributed by atoms with Crippen molar-refractivity contribution in [1.29, 1.82) is 0 Å². The van der Waals surface area contributed by atoms with Crippen molar-refractivity contribution < 1.29 is 13.9 Å². The molecule has 134 valence electrons. The average molecular weight is 351 g/mol. The van der Waals surface area contributed by atoms with Crippen LogP contribution in [0.3, 0.4) is 0 Å². The number of furan rings is 1. The summed E-state index contributed by atoms with van der Waals surface area (Å²) in [6.45, 7) is 1.07. The van der Waals surface area contributed by atoms with E-state index in [-0.39, 0.29) is 5.91 Å². The molecule has 0 aliphatic heterocycles. The van der Waals surface area contributed by atoms with Crippen molar-refractivity contribution in [2.45, 2.75) is 13.0 Å². The molecule has 26 heavy (non-hydrogen) atoms. The maximum Gasteiger partial charge on any atom is 0.253 e. The number of nitrogens with one attached hydrogen (secondary N) is 2. The Morgan fingerprint density at radius 2 is 2.04 bits per heavy atom. The van der Waals surface area contributed by atoms with Crippen LogP contribution in [0, 0.1) is 0 Å². The third-order valence-electron chi connectivity index (χ3n) is 3.92. The zero-order valence-corrected chi connectivity index (χ0v) is 14.6. The van der Waals surface area contributed by atoms with Crippen LogP contribution in [0.25, 0.3) is 0 Å². The molecule has 2 aromatic heterocycles. The number of hydrogen-bond acceptors (Lipinski definition) is 5. The van der Waals surface area contributed by atoms with Crippen LogP contribution in [0.1, 0.15) is 21.7 Å². The summed E-state index contributed by atoms with van der Waals surface area (Å²) in [5, 5.41) is 6.04. The van der Waals surface area contributed by atoms with Crippen molar-refractivity contribution in [3.05, 3.63) is 77.9 Å². The van der Waals surface area contributed by atoms with Gasteiger partial charge in [0.1, 0.15) is 17.3 Å². The third-order valence-corrected chi connectivity index (χ3v) is 3.92. The highest BCUT2D eigenvalue weighted by molar-refractivity contribution is 5.93. The van der Waals surface area contributed by atoms with E-state index < -0.39 is 0 Å². The van der Waals surface area contributed by atoms with Crippen LogP contribution >= 0.6 is 0 Å². The van der Waals surface area contributed by atoms with Crippen molar-refractivity contribution >= 4 is 11.7 Å². The molecule has 0 fully saturated rings. The summed E-state index contributed by atoms with van der Waals surface area (Å²) in [6, 6.07) is 15.1. The standard InChI is InChI=1S/C20H21N3O3/c1-25-18-7-3-2-5-15(18)10-11-21-19-9-8-16(13-22-19)20(24)23-14-17-6-4-12-26-17/h2-9,12-13H,10-11,14H2,1H3,(H,21,22)(H,23,24). The predicted molar refractivity (Wildman–Crippen MR) is 99.3 cm³/mol. The van der Waals surface area contributed by atoms with Gasteiger partial charge in [0.05, 0.1) is 25.5 Å². The smallest absolute Gasteiger partial charge is 0.253 e. The van der Waals surface area contributed by atoms with Gasteiger partial charge in [-0.25, -0.2) is 4.98 Å². The zero-order chi connectivity index (χ0) is 18.2. The Bertz CT molecular complexity index is 830. The Morgan fingerprint density at radius 3 is 2.77 bits per heavy atom. The normalized spacial score (nSPS) is 10.3. The summed E-state index contributed by atoms with van der Waals surface area (Å²) in [5.74, 6) is 2.13. The van der Waals surface area contributed by atoms with Crippen LogP contribution in [0.4, 0.5) is 5.82 Å². The SMILES string of the molecule is COc1ccccc1CCNc1ccc(C(=O)NCc2ccco2)cn1. The van der Waals surface area contributed by atoms with Crippen molar-refractivity contribution in [3.8, 4) is 5.75 Å². The molecular weight excluding hydrogens is 330 g/mol. The van der Waals surface area contributed by atoms with E-state index in [9.17, 15) is 4.79 Å². The second-order valence-corrected chi connectivity index (χ2v) is 5.68. The number of rotatable bonds is 8. The van der Waals surface area contributed by atoms with Crippen LogP contribution in [-0.4, -0.2) is 24.5 Å². The first-order valence-corrected chi connectivity index (χ1v) is 8.38. The van der Waals surface area contributed by atoms with E-state index in [1.807, 2.05) is 30.3 Å². The maximum atomic E-state index is 12.1. The van der Waals surface area contributed by atoms with Gasteiger partial charge >= 0.3 is 0 Å². The summed E-state index contributed by atoms with van der Waals surface area (Å²) in [4.78, 5) is 16.4. The van der Waals surface area contributed by atoms with E-state index in [1.165, 1.54) is 0 Å². The molecular formula is C20H21N3O3. The average Bonchev–Trinajstić information content (AvgIpc) is 3.20. The fraction of sp³-hybridized carbons (Fsp3) is 0.200. The number of nitrogens with zero attached hydrogens (tertiary/aromatic N) is 1. The molecule has 0 saturated carbocycles. The van der Waals surface area contributed by atoms with Gasteiger partial charge in [-0.05, 0) is 42.3 Å². The largest absolute Gasteiger partial charge is 0.496 e. The molecule has 1 aromatic carbocycles. The van der Waals surface area contributed by atoms with Gasteiger partial charge in [0.2, 0.25) is 0 Å². The third kappa shape index (κ3) is 4.63. The highest BCUT2D eigenvalue weighted by Gasteiger charge is 2.07. The van der Waals surface area contributed by atoms with E-state index in [1.54, 1.807) is 37.8 Å². The minimum atomic E-state index is -0.186. The van der Waals surface area contributed by atoms with E-state index in [0.29, 0.717) is 17.9 Å². The Morgan fingerprint density at radius 1 is 1.15 bits per heavy atom. The van der Waals surface area contributed by atoms with Gasteiger partial charge < -0.3 is 19.8 Å². The van der Waals surface area contributed by atoms with Crippen molar-refractivity contribution in [2.24, 2.45) is 0 Å². The number of carbonyl (C=O) groups is 1. The molecule has 1 amide bonds. The number of amides is 1. The molecule has 0 spiro atoms. The van der Waals surface area contributed by atoms with Crippen LogP contribution in [-0.2, 0) is 13.0 Å². The highest BCUT2D eigenvalue weighted by Crippen LogP contribution is 2.17. The molecule has 2 N–H and O–H groups in total. The number of methoxy groups -OCH3 is 1. The molecule has 2 heterocycles. The molecule has 3 rings (SSSR count). The first kappa shape index (κ1) is 17.5. The molecule has 6 nitrogen and oxygen atoms in total. The second-order valence-electron chi connectivity index (χ2n) is 5.68. The molecule has 0 aliphatic carbocycles. The first-order valence-electron chi connectivity index (χ1n) is 8.38.